The highest BCUT2D eigenvalue weighted by atomic mass is 35.5. The van der Waals surface area contributed by atoms with E-state index in [1.54, 1.807) is 12.4 Å². The molecule has 1 heterocycles. The second kappa shape index (κ2) is 4.50. The second-order valence-electron chi connectivity index (χ2n) is 4.57. The number of pyridine rings is 1. The first kappa shape index (κ1) is 10.9. The van der Waals surface area contributed by atoms with Gasteiger partial charge in [-0.25, -0.2) is 0 Å². The SMILES string of the molecule is NC1(Cc2ccncc2Cl)CCCCC1. The molecule has 0 saturated heterocycles. The van der Waals surface area contributed by atoms with Gasteiger partial charge in [-0.1, -0.05) is 30.9 Å². The third-order valence-corrected chi connectivity index (χ3v) is 3.59. The van der Waals surface area contributed by atoms with E-state index in [0.29, 0.717) is 0 Å². The summed E-state index contributed by atoms with van der Waals surface area (Å²) in [5.41, 5.74) is 7.48. The fraction of sp³-hybridized carbons (Fsp3) is 0.583. The third kappa shape index (κ3) is 2.70. The van der Waals surface area contributed by atoms with Crippen LogP contribution in [-0.2, 0) is 6.42 Å². The summed E-state index contributed by atoms with van der Waals surface area (Å²) in [4.78, 5) is 3.99. The maximum atomic E-state index is 6.38. The highest BCUT2D eigenvalue weighted by Crippen LogP contribution is 2.30. The van der Waals surface area contributed by atoms with Crippen molar-refractivity contribution in [2.75, 3.05) is 0 Å². The predicted molar refractivity (Wildman–Crippen MR) is 63.0 cm³/mol. The molecule has 1 aliphatic carbocycles. The molecule has 2 nitrogen and oxygen atoms in total. The number of aromatic nitrogens is 1. The van der Waals surface area contributed by atoms with Crippen LogP contribution in [0.2, 0.25) is 5.02 Å². The summed E-state index contributed by atoms with van der Waals surface area (Å²) in [6, 6.07) is 1.98. The van der Waals surface area contributed by atoms with Crippen molar-refractivity contribution >= 4 is 11.6 Å². The average Bonchev–Trinajstić information content (AvgIpc) is 2.22. The zero-order valence-corrected chi connectivity index (χ0v) is 9.63. The monoisotopic (exact) mass is 224 g/mol. The molecule has 15 heavy (non-hydrogen) atoms. The molecule has 1 aromatic rings. The lowest BCUT2D eigenvalue weighted by molar-refractivity contribution is 0.294. The summed E-state index contributed by atoms with van der Waals surface area (Å²) in [5.74, 6) is 0. The summed E-state index contributed by atoms with van der Waals surface area (Å²) in [7, 11) is 0. The molecule has 1 aromatic heterocycles. The molecular weight excluding hydrogens is 208 g/mol. The Kier molecular flexibility index (Phi) is 3.27. The highest BCUT2D eigenvalue weighted by Gasteiger charge is 2.28. The fourth-order valence-electron chi connectivity index (χ4n) is 2.36. The Balaban J connectivity index is 2.10. The smallest absolute Gasteiger partial charge is 0.0621 e. The van der Waals surface area contributed by atoms with Crippen molar-refractivity contribution in [1.29, 1.82) is 0 Å². The lowest BCUT2D eigenvalue weighted by Crippen LogP contribution is -2.43. The summed E-state index contributed by atoms with van der Waals surface area (Å²) in [5, 5.41) is 0.743. The summed E-state index contributed by atoms with van der Waals surface area (Å²) in [6.45, 7) is 0. The van der Waals surface area contributed by atoms with Gasteiger partial charge in [-0.3, -0.25) is 4.98 Å². The number of hydrogen-bond donors (Lipinski definition) is 1. The van der Waals surface area contributed by atoms with E-state index in [-0.39, 0.29) is 5.54 Å². The minimum absolute atomic E-state index is 0.0384. The largest absolute Gasteiger partial charge is 0.325 e. The molecule has 0 bridgehead atoms. The first-order chi connectivity index (χ1) is 7.20. The predicted octanol–water partition coefficient (Wildman–Crippen LogP) is 2.94. The highest BCUT2D eigenvalue weighted by molar-refractivity contribution is 6.31. The van der Waals surface area contributed by atoms with Gasteiger partial charge >= 0.3 is 0 Å². The minimum atomic E-state index is -0.0384. The van der Waals surface area contributed by atoms with E-state index >= 15 is 0 Å². The van der Waals surface area contributed by atoms with Gasteiger partial charge in [0.1, 0.15) is 0 Å². The van der Waals surface area contributed by atoms with Crippen molar-refractivity contribution < 1.29 is 0 Å². The van der Waals surface area contributed by atoms with Crippen LogP contribution < -0.4 is 5.73 Å². The fourth-order valence-corrected chi connectivity index (χ4v) is 2.55. The van der Waals surface area contributed by atoms with Gasteiger partial charge in [0.2, 0.25) is 0 Å². The molecule has 1 saturated carbocycles. The van der Waals surface area contributed by atoms with Crippen LogP contribution in [0.3, 0.4) is 0 Å². The van der Waals surface area contributed by atoms with Crippen LogP contribution in [0.15, 0.2) is 18.5 Å². The molecule has 0 atom stereocenters. The van der Waals surface area contributed by atoms with Crippen LogP contribution in [0, 0.1) is 0 Å². The molecule has 82 valence electrons. The summed E-state index contributed by atoms with van der Waals surface area (Å²) >= 11 is 6.09. The van der Waals surface area contributed by atoms with Gasteiger partial charge in [0.15, 0.2) is 0 Å². The molecule has 0 amide bonds. The molecule has 0 radical (unpaired) electrons. The van der Waals surface area contributed by atoms with Crippen LogP contribution in [0.5, 0.6) is 0 Å². The van der Waals surface area contributed by atoms with Gasteiger partial charge in [-0.2, -0.15) is 0 Å². The van der Waals surface area contributed by atoms with Crippen molar-refractivity contribution in [3.63, 3.8) is 0 Å². The van der Waals surface area contributed by atoms with Crippen LogP contribution in [0.25, 0.3) is 0 Å². The number of rotatable bonds is 2. The average molecular weight is 225 g/mol. The van der Waals surface area contributed by atoms with E-state index < -0.39 is 0 Å². The zero-order valence-electron chi connectivity index (χ0n) is 8.88. The van der Waals surface area contributed by atoms with Crippen LogP contribution in [0.4, 0.5) is 0 Å². The van der Waals surface area contributed by atoms with Gasteiger partial charge in [0, 0.05) is 17.9 Å². The first-order valence-electron chi connectivity index (χ1n) is 5.57. The van der Waals surface area contributed by atoms with E-state index in [4.69, 9.17) is 17.3 Å². The van der Waals surface area contributed by atoms with E-state index in [1.165, 1.54) is 19.3 Å². The number of nitrogens with two attached hydrogens (primary N) is 1. The Hall–Kier alpha value is -0.600. The van der Waals surface area contributed by atoms with Crippen LogP contribution >= 0.6 is 11.6 Å². The van der Waals surface area contributed by atoms with Gasteiger partial charge < -0.3 is 5.73 Å². The number of nitrogens with zero attached hydrogens (tertiary/aromatic N) is 1. The zero-order chi connectivity index (χ0) is 10.7. The Bertz CT molecular complexity index is 332. The summed E-state index contributed by atoms with van der Waals surface area (Å²) < 4.78 is 0. The van der Waals surface area contributed by atoms with E-state index in [0.717, 1.165) is 29.8 Å². The van der Waals surface area contributed by atoms with Gasteiger partial charge in [-0.05, 0) is 30.9 Å². The first-order valence-corrected chi connectivity index (χ1v) is 5.95. The Labute approximate surface area is 95.8 Å². The lowest BCUT2D eigenvalue weighted by Gasteiger charge is -2.33. The van der Waals surface area contributed by atoms with E-state index in [1.807, 2.05) is 6.07 Å². The van der Waals surface area contributed by atoms with Gasteiger partial charge in [0.05, 0.1) is 5.02 Å². The van der Waals surface area contributed by atoms with E-state index in [2.05, 4.69) is 4.98 Å². The van der Waals surface area contributed by atoms with Gasteiger partial charge in [0.25, 0.3) is 0 Å². The molecule has 2 rings (SSSR count). The van der Waals surface area contributed by atoms with E-state index in [9.17, 15) is 0 Å². The van der Waals surface area contributed by atoms with Crippen molar-refractivity contribution in [3.8, 4) is 0 Å². The lowest BCUT2D eigenvalue weighted by atomic mass is 9.78. The molecule has 1 aliphatic rings. The van der Waals surface area contributed by atoms with Gasteiger partial charge in [-0.15, -0.1) is 0 Å². The molecule has 0 spiro atoms. The molecule has 3 heteroatoms. The van der Waals surface area contributed by atoms with Crippen molar-refractivity contribution in [3.05, 3.63) is 29.0 Å². The quantitative estimate of drug-likeness (QED) is 0.839. The second-order valence-corrected chi connectivity index (χ2v) is 4.97. The van der Waals surface area contributed by atoms with Crippen LogP contribution in [0.1, 0.15) is 37.7 Å². The Morgan fingerprint density at radius 2 is 2.07 bits per heavy atom. The molecule has 0 aromatic carbocycles. The maximum absolute atomic E-state index is 6.38. The number of halogens is 1. The molecule has 1 fully saturated rings. The Morgan fingerprint density at radius 1 is 1.33 bits per heavy atom. The minimum Gasteiger partial charge on any atom is -0.325 e. The summed E-state index contributed by atoms with van der Waals surface area (Å²) in [6.07, 6.45) is 10.4. The number of hydrogen-bond acceptors (Lipinski definition) is 2. The molecule has 2 N–H and O–H groups in total. The topological polar surface area (TPSA) is 38.9 Å². The third-order valence-electron chi connectivity index (χ3n) is 3.25. The van der Waals surface area contributed by atoms with Crippen molar-refractivity contribution in [2.45, 2.75) is 44.1 Å². The molecule has 0 aliphatic heterocycles. The normalized spacial score (nSPS) is 20.1. The van der Waals surface area contributed by atoms with Crippen LogP contribution in [-0.4, -0.2) is 10.5 Å². The maximum Gasteiger partial charge on any atom is 0.0621 e. The van der Waals surface area contributed by atoms with Crippen molar-refractivity contribution in [2.24, 2.45) is 5.73 Å². The standard InChI is InChI=1S/C12H17ClN2/c13-11-9-15-7-4-10(11)8-12(14)5-2-1-3-6-12/h4,7,9H,1-3,5-6,8,14H2. The Morgan fingerprint density at radius 3 is 2.73 bits per heavy atom. The van der Waals surface area contributed by atoms with Crippen molar-refractivity contribution in [1.82, 2.24) is 4.98 Å². The molecular formula is C12H17ClN2. The molecule has 0 unspecified atom stereocenters.